The quantitative estimate of drug-likeness (QED) is 0.476. The van der Waals surface area contributed by atoms with E-state index in [1.54, 1.807) is 0 Å². The Labute approximate surface area is 155 Å². The predicted molar refractivity (Wildman–Crippen MR) is 112 cm³/mol. The van der Waals surface area contributed by atoms with Gasteiger partial charge in [-0.2, -0.15) is 0 Å². The Balaban J connectivity index is 1.85. The molecule has 1 aromatic heterocycles. The van der Waals surface area contributed by atoms with E-state index in [1.807, 2.05) is 0 Å². The van der Waals surface area contributed by atoms with Crippen molar-refractivity contribution in [3.8, 4) is 11.3 Å². The topological polar surface area (TPSA) is 8.17 Å². The minimum absolute atomic E-state index is 0.930. The van der Waals surface area contributed by atoms with Crippen molar-refractivity contribution in [2.24, 2.45) is 7.05 Å². The molecule has 4 rings (SSSR count). The molecule has 0 unspecified atom stereocenters. The van der Waals surface area contributed by atoms with E-state index in [0.717, 1.165) is 6.42 Å². The second kappa shape index (κ2) is 6.72. The van der Waals surface area contributed by atoms with Crippen LogP contribution in [0, 0.1) is 0 Å². The van der Waals surface area contributed by atoms with Gasteiger partial charge in [0.25, 0.3) is 0 Å². The third-order valence-electron chi connectivity index (χ3n) is 5.09. The van der Waals surface area contributed by atoms with Crippen molar-refractivity contribution >= 4 is 16.6 Å². The summed E-state index contributed by atoms with van der Waals surface area (Å²) in [5.41, 5.74) is 7.83. The van der Waals surface area contributed by atoms with Gasteiger partial charge in [0.1, 0.15) is 0 Å². The van der Waals surface area contributed by atoms with Gasteiger partial charge in [-0.25, -0.2) is 0 Å². The Bertz CT molecular complexity index is 1030. The van der Waals surface area contributed by atoms with Crippen molar-refractivity contribution in [2.45, 2.75) is 6.42 Å². The lowest BCUT2D eigenvalue weighted by molar-refractivity contribution is 0.968. The first-order valence-corrected chi connectivity index (χ1v) is 9.03. The van der Waals surface area contributed by atoms with E-state index in [0.29, 0.717) is 0 Å². The average Bonchev–Trinajstić information content (AvgIpc) is 2.95. The number of rotatable bonds is 4. The Morgan fingerprint density at radius 2 is 1.42 bits per heavy atom. The van der Waals surface area contributed by atoms with Crippen LogP contribution < -0.4 is 4.90 Å². The van der Waals surface area contributed by atoms with Gasteiger partial charge in [0.15, 0.2) is 0 Å². The van der Waals surface area contributed by atoms with Crippen LogP contribution in [0.5, 0.6) is 0 Å². The maximum absolute atomic E-state index is 2.33. The van der Waals surface area contributed by atoms with Gasteiger partial charge >= 0.3 is 0 Å². The largest absolute Gasteiger partial charge is 0.378 e. The Morgan fingerprint density at radius 1 is 0.769 bits per heavy atom. The van der Waals surface area contributed by atoms with Crippen molar-refractivity contribution < 1.29 is 0 Å². The van der Waals surface area contributed by atoms with Crippen LogP contribution >= 0.6 is 0 Å². The number of aromatic nitrogens is 1. The SMILES string of the molecule is CN(C)c1ccc(Cc2c(-c3ccccc3)n(C)c3ccccc23)cc1. The average molecular weight is 340 g/mol. The van der Waals surface area contributed by atoms with Crippen molar-refractivity contribution in [1.29, 1.82) is 0 Å². The number of para-hydroxylation sites is 1. The van der Waals surface area contributed by atoms with E-state index >= 15 is 0 Å². The fourth-order valence-electron chi connectivity index (χ4n) is 3.73. The van der Waals surface area contributed by atoms with Gasteiger partial charge in [-0.15, -0.1) is 0 Å². The summed E-state index contributed by atoms with van der Waals surface area (Å²) in [6.07, 6.45) is 0.930. The van der Waals surface area contributed by atoms with E-state index in [4.69, 9.17) is 0 Å². The smallest absolute Gasteiger partial charge is 0.0524 e. The summed E-state index contributed by atoms with van der Waals surface area (Å²) >= 11 is 0. The molecule has 0 spiro atoms. The van der Waals surface area contributed by atoms with E-state index in [9.17, 15) is 0 Å². The first-order valence-electron chi connectivity index (χ1n) is 9.03. The molecule has 3 aromatic carbocycles. The Kier molecular flexibility index (Phi) is 4.26. The van der Waals surface area contributed by atoms with Crippen molar-refractivity contribution in [3.05, 3.63) is 90.0 Å². The van der Waals surface area contributed by atoms with E-state index in [-0.39, 0.29) is 0 Å². The molecule has 4 aromatic rings. The van der Waals surface area contributed by atoms with Gasteiger partial charge in [-0.3, -0.25) is 0 Å². The summed E-state index contributed by atoms with van der Waals surface area (Å²) in [5, 5.41) is 1.34. The first-order chi connectivity index (χ1) is 12.6. The lowest BCUT2D eigenvalue weighted by Crippen LogP contribution is -2.08. The fraction of sp³-hybridized carbons (Fsp3) is 0.167. The predicted octanol–water partition coefficient (Wildman–Crippen LogP) is 5.50. The molecule has 0 aliphatic heterocycles. The molecule has 2 nitrogen and oxygen atoms in total. The Morgan fingerprint density at radius 3 is 2.12 bits per heavy atom. The summed E-state index contributed by atoms with van der Waals surface area (Å²) in [7, 11) is 6.32. The lowest BCUT2D eigenvalue weighted by Gasteiger charge is -2.13. The third-order valence-corrected chi connectivity index (χ3v) is 5.09. The number of fused-ring (bicyclic) bond motifs is 1. The van der Waals surface area contributed by atoms with Crippen molar-refractivity contribution in [2.75, 3.05) is 19.0 Å². The maximum atomic E-state index is 2.33. The Hall–Kier alpha value is -3.00. The molecular weight excluding hydrogens is 316 g/mol. The molecule has 0 saturated heterocycles. The molecular formula is C24H24N2. The van der Waals surface area contributed by atoms with Gasteiger partial charge < -0.3 is 9.47 Å². The molecule has 130 valence electrons. The van der Waals surface area contributed by atoms with Gasteiger partial charge in [0.2, 0.25) is 0 Å². The van der Waals surface area contributed by atoms with Gasteiger partial charge in [-0.1, -0.05) is 60.7 Å². The fourth-order valence-corrected chi connectivity index (χ4v) is 3.73. The summed E-state index contributed by atoms with van der Waals surface area (Å²) in [4.78, 5) is 2.14. The summed E-state index contributed by atoms with van der Waals surface area (Å²) < 4.78 is 2.33. The number of hydrogen-bond donors (Lipinski definition) is 0. The molecule has 0 saturated carbocycles. The highest BCUT2D eigenvalue weighted by Gasteiger charge is 2.16. The number of benzene rings is 3. The normalized spacial score (nSPS) is 11.0. The molecule has 0 N–H and O–H groups in total. The number of nitrogens with zero attached hydrogens (tertiary/aromatic N) is 2. The van der Waals surface area contributed by atoms with Crippen molar-refractivity contribution in [3.63, 3.8) is 0 Å². The summed E-state index contributed by atoms with van der Waals surface area (Å²) in [6.45, 7) is 0. The van der Waals surface area contributed by atoms with Crippen LogP contribution in [-0.2, 0) is 13.5 Å². The van der Waals surface area contributed by atoms with E-state index < -0.39 is 0 Å². The highest BCUT2D eigenvalue weighted by atomic mass is 15.1. The number of anilines is 1. The molecule has 26 heavy (non-hydrogen) atoms. The van der Waals surface area contributed by atoms with Crippen LogP contribution in [-0.4, -0.2) is 18.7 Å². The highest BCUT2D eigenvalue weighted by Crippen LogP contribution is 2.34. The molecule has 0 atom stereocenters. The minimum Gasteiger partial charge on any atom is -0.378 e. The first kappa shape index (κ1) is 16.5. The maximum Gasteiger partial charge on any atom is 0.0524 e. The molecule has 0 aliphatic carbocycles. The van der Waals surface area contributed by atoms with Gasteiger partial charge in [0, 0.05) is 44.2 Å². The molecule has 0 radical (unpaired) electrons. The second-order valence-electron chi connectivity index (χ2n) is 7.01. The number of aryl methyl sites for hydroxylation is 1. The number of hydrogen-bond acceptors (Lipinski definition) is 1. The van der Waals surface area contributed by atoms with Gasteiger partial charge in [-0.05, 0) is 34.9 Å². The molecule has 0 aliphatic rings. The van der Waals surface area contributed by atoms with Crippen LogP contribution in [0.25, 0.3) is 22.2 Å². The van der Waals surface area contributed by atoms with E-state index in [1.165, 1.54) is 39.0 Å². The zero-order chi connectivity index (χ0) is 18.1. The molecule has 0 bridgehead atoms. The standard InChI is InChI=1S/C24H24N2/c1-25(2)20-15-13-18(14-16-20)17-22-21-11-7-8-12-23(21)26(3)24(22)19-9-5-4-6-10-19/h4-16H,17H2,1-3H3. The lowest BCUT2D eigenvalue weighted by atomic mass is 9.98. The zero-order valence-corrected chi connectivity index (χ0v) is 15.6. The van der Waals surface area contributed by atoms with Crippen molar-refractivity contribution in [1.82, 2.24) is 4.57 Å². The monoisotopic (exact) mass is 340 g/mol. The zero-order valence-electron chi connectivity index (χ0n) is 15.6. The summed E-state index contributed by atoms with van der Waals surface area (Å²) in [5.74, 6) is 0. The molecule has 1 heterocycles. The second-order valence-corrected chi connectivity index (χ2v) is 7.01. The van der Waals surface area contributed by atoms with Crippen LogP contribution in [0.1, 0.15) is 11.1 Å². The van der Waals surface area contributed by atoms with Gasteiger partial charge in [0.05, 0.1) is 5.69 Å². The molecule has 2 heteroatoms. The van der Waals surface area contributed by atoms with Crippen LogP contribution in [0.4, 0.5) is 5.69 Å². The minimum atomic E-state index is 0.930. The van der Waals surface area contributed by atoms with Crippen LogP contribution in [0.15, 0.2) is 78.9 Å². The molecule has 0 fully saturated rings. The summed E-state index contributed by atoms with van der Waals surface area (Å²) in [6, 6.07) is 28.3. The van der Waals surface area contributed by atoms with Crippen LogP contribution in [0.2, 0.25) is 0 Å². The third kappa shape index (κ3) is 2.88. The van der Waals surface area contributed by atoms with Crippen LogP contribution in [0.3, 0.4) is 0 Å². The highest BCUT2D eigenvalue weighted by molar-refractivity contribution is 5.92. The van der Waals surface area contributed by atoms with E-state index in [2.05, 4.69) is 109 Å². The molecule has 0 amide bonds.